The summed E-state index contributed by atoms with van der Waals surface area (Å²) in [6.07, 6.45) is 0.512. The molecule has 2 heterocycles. The van der Waals surface area contributed by atoms with Crippen molar-refractivity contribution in [2.45, 2.75) is 25.4 Å². The number of amides is 3. The van der Waals surface area contributed by atoms with Gasteiger partial charge in [0.2, 0.25) is 11.8 Å². The van der Waals surface area contributed by atoms with Crippen molar-refractivity contribution in [3.63, 3.8) is 0 Å². The molecule has 136 valence electrons. The third-order valence-corrected chi connectivity index (χ3v) is 5.14. The fourth-order valence-electron chi connectivity index (χ4n) is 3.48. The smallest absolute Gasteiger partial charge is 0.255 e. The van der Waals surface area contributed by atoms with Crippen molar-refractivity contribution < 1.29 is 19.2 Å². The molecule has 27 heavy (non-hydrogen) atoms. The molecule has 0 saturated carbocycles. The molecular formula is C20H15ClN2O4. The first-order chi connectivity index (χ1) is 12.9. The lowest BCUT2D eigenvalue weighted by molar-refractivity contribution is -0.136. The summed E-state index contributed by atoms with van der Waals surface area (Å²) < 4.78 is 0. The highest BCUT2D eigenvalue weighted by atomic mass is 35.5. The maximum Gasteiger partial charge on any atom is 0.255 e. The minimum Gasteiger partial charge on any atom is -0.322 e. The van der Waals surface area contributed by atoms with Crippen molar-refractivity contribution in [2.75, 3.05) is 0 Å². The second kappa shape index (κ2) is 6.63. The molecule has 3 amide bonds. The molecule has 0 spiro atoms. The Morgan fingerprint density at radius 2 is 1.74 bits per heavy atom. The van der Waals surface area contributed by atoms with Gasteiger partial charge in [0.05, 0.1) is 0 Å². The number of carbonyl (C=O) groups is 4. The Labute approximate surface area is 160 Å². The molecule has 6 nitrogen and oxygen atoms in total. The van der Waals surface area contributed by atoms with E-state index in [1.165, 1.54) is 4.90 Å². The van der Waals surface area contributed by atoms with E-state index in [1.807, 2.05) is 0 Å². The zero-order chi connectivity index (χ0) is 19.1. The minimum absolute atomic E-state index is 0.165. The van der Waals surface area contributed by atoms with Gasteiger partial charge in [-0.25, -0.2) is 0 Å². The van der Waals surface area contributed by atoms with E-state index >= 15 is 0 Å². The number of imide groups is 1. The first kappa shape index (κ1) is 17.4. The molecule has 1 unspecified atom stereocenters. The van der Waals surface area contributed by atoms with Crippen LogP contribution in [0.4, 0.5) is 0 Å². The molecule has 2 aromatic carbocycles. The number of hydrogen-bond acceptors (Lipinski definition) is 4. The van der Waals surface area contributed by atoms with Crippen LogP contribution in [0.1, 0.15) is 44.7 Å². The number of benzene rings is 2. The third-order valence-electron chi connectivity index (χ3n) is 4.89. The van der Waals surface area contributed by atoms with Crippen LogP contribution >= 0.6 is 11.6 Å². The molecule has 0 radical (unpaired) electrons. The summed E-state index contributed by atoms with van der Waals surface area (Å²) in [4.78, 5) is 50.2. The lowest BCUT2D eigenvalue weighted by atomic mass is 9.99. The molecule has 0 bridgehead atoms. The maximum absolute atomic E-state index is 12.7. The van der Waals surface area contributed by atoms with E-state index in [9.17, 15) is 19.2 Å². The van der Waals surface area contributed by atoms with E-state index < -0.39 is 11.9 Å². The van der Waals surface area contributed by atoms with Gasteiger partial charge in [-0.1, -0.05) is 17.7 Å². The standard InChI is InChI=1S/C20H15ClN2O4/c21-14-4-1-11(2-5-14)18(25)12-3-6-15-13(9-12)10-23(20(15)27)16-7-8-17(24)22-19(16)26/h1-6,9,16H,7-8,10H2,(H,22,24,26). The van der Waals surface area contributed by atoms with E-state index in [2.05, 4.69) is 5.32 Å². The Balaban J connectivity index is 1.59. The normalized spacial score (nSPS) is 19.1. The molecule has 1 fully saturated rings. The summed E-state index contributed by atoms with van der Waals surface area (Å²) in [5.41, 5.74) is 2.15. The third kappa shape index (κ3) is 3.13. The van der Waals surface area contributed by atoms with Crippen molar-refractivity contribution in [2.24, 2.45) is 0 Å². The van der Waals surface area contributed by atoms with Crippen LogP contribution in [-0.2, 0) is 16.1 Å². The highest BCUT2D eigenvalue weighted by molar-refractivity contribution is 6.30. The summed E-state index contributed by atoms with van der Waals surface area (Å²) in [5.74, 6) is -1.20. The predicted octanol–water partition coefficient (Wildman–Crippen LogP) is 2.33. The second-order valence-corrected chi connectivity index (χ2v) is 7.04. The molecule has 0 aliphatic carbocycles. The predicted molar refractivity (Wildman–Crippen MR) is 97.4 cm³/mol. The number of piperidine rings is 1. The Kier molecular flexibility index (Phi) is 4.28. The molecule has 7 heteroatoms. The molecule has 2 aliphatic heterocycles. The van der Waals surface area contributed by atoms with Crippen LogP contribution in [0, 0.1) is 0 Å². The number of halogens is 1. The molecular weight excluding hydrogens is 368 g/mol. The number of hydrogen-bond donors (Lipinski definition) is 1. The van der Waals surface area contributed by atoms with Gasteiger partial charge in [0, 0.05) is 34.7 Å². The largest absolute Gasteiger partial charge is 0.322 e. The lowest BCUT2D eigenvalue weighted by Gasteiger charge is -2.29. The van der Waals surface area contributed by atoms with Crippen molar-refractivity contribution >= 4 is 35.1 Å². The molecule has 1 N–H and O–H groups in total. The molecule has 1 atom stereocenters. The molecule has 2 aliphatic rings. The minimum atomic E-state index is -0.669. The van der Waals surface area contributed by atoms with Crippen molar-refractivity contribution in [3.05, 3.63) is 69.7 Å². The average Bonchev–Trinajstić information content (AvgIpc) is 2.98. The zero-order valence-electron chi connectivity index (χ0n) is 14.2. The van der Waals surface area contributed by atoms with E-state index in [0.29, 0.717) is 33.7 Å². The fraction of sp³-hybridized carbons (Fsp3) is 0.200. The summed E-state index contributed by atoms with van der Waals surface area (Å²) in [6.45, 7) is 0.238. The van der Waals surface area contributed by atoms with Gasteiger partial charge < -0.3 is 4.90 Å². The van der Waals surface area contributed by atoms with Crippen LogP contribution in [0.5, 0.6) is 0 Å². The van der Waals surface area contributed by atoms with Gasteiger partial charge in [0.15, 0.2) is 5.78 Å². The Morgan fingerprint density at radius 1 is 1.04 bits per heavy atom. The van der Waals surface area contributed by atoms with Crippen LogP contribution in [0.15, 0.2) is 42.5 Å². The van der Waals surface area contributed by atoms with E-state index in [4.69, 9.17) is 11.6 Å². The lowest BCUT2D eigenvalue weighted by Crippen LogP contribution is -2.52. The summed E-state index contributed by atoms with van der Waals surface area (Å²) in [6, 6.07) is 10.9. The number of nitrogens with zero attached hydrogens (tertiary/aromatic N) is 1. The zero-order valence-corrected chi connectivity index (χ0v) is 15.0. The van der Waals surface area contributed by atoms with Gasteiger partial charge in [-0.3, -0.25) is 24.5 Å². The Hall–Kier alpha value is -2.99. The molecule has 0 aromatic heterocycles. The molecule has 2 aromatic rings. The van der Waals surface area contributed by atoms with E-state index in [0.717, 1.165) is 0 Å². The van der Waals surface area contributed by atoms with Crippen LogP contribution in [0.2, 0.25) is 5.02 Å². The number of carbonyl (C=O) groups excluding carboxylic acids is 4. The summed E-state index contributed by atoms with van der Waals surface area (Å²) >= 11 is 5.86. The quantitative estimate of drug-likeness (QED) is 0.652. The van der Waals surface area contributed by atoms with Crippen LogP contribution in [0.25, 0.3) is 0 Å². The highest BCUT2D eigenvalue weighted by Crippen LogP contribution is 2.29. The van der Waals surface area contributed by atoms with Crippen LogP contribution in [-0.4, -0.2) is 34.4 Å². The average molecular weight is 383 g/mol. The number of nitrogens with one attached hydrogen (secondary N) is 1. The summed E-state index contributed by atoms with van der Waals surface area (Å²) in [7, 11) is 0. The van der Waals surface area contributed by atoms with Crippen LogP contribution < -0.4 is 5.32 Å². The monoisotopic (exact) mass is 382 g/mol. The van der Waals surface area contributed by atoms with Crippen molar-refractivity contribution in [3.8, 4) is 0 Å². The van der Waals surface area contributed by atoms with Gasteiger partial charge in [-0.2, -0.15) is 0 Å². The van der Waals surface area contributed by atoms with Gasteiger partial charge in [-0.05, 0) is 48.4 Å². The molecule has 4 rings (SSSR count). The number of rotatable bonds is 3. The SMILES string of the molecule is O=C1CCC(N2Cc3cc(C(=O)c4ccc(Cl)cc4)ccc3C2=O)C(=O)N1. The Morgan fingerprint density at radius 3 is 2.44 bits per heavy atom. The van der Waals surface area contributed by atoms with Gasteiger partial charge in [0.1, 0.15) is 6.04 Å². The maximum atomic E-state index is 12.7. The first-order valence-corrected chi connectivity index (χ1v) is 8.89. The van der Waals surface area contributed by atoms with Crippen LogP contribution in [0.3, 0.4) is 0 Å². The Bertz CT molecular complexity index is 984. The fourth-order valence-corrected chi connectivity index (χ4v) is 3.61. The first-order valence-electron chi connectivity index (χ1n) is 8.52. The van der Waals surface area contributed by atoms with E-state index in [-0.39, 0.29) is 30.6 Å². The van der Waals surface area contributed by atoms with Crippen molar-refractivity contribution in [1.82, 2.24) is 10.2 Å². The van der Waals surface area contributed by atoms with Gasteiger partial charge in [-0.15, -0.1) is 0 Å². The number of fused-ring (bicyclic) bond motifs is 1. The van der Waals surface area contributed by atoms with Crippen molar-refractivity contribution in [1.29, 1.82) is 0 Å². The summed E-state index contributed by atoms with van der Waals surface area (Å²) in [5, 5.41) is 2.82. The van der Waals surface area contributed by atoms with Gasteiger partial charge in [0.25, 0.3) is 5.91 Å². The second-order valence-electron chi connectivity index (χ2n) is 6.61. The van der Waals surface area contributed by atoms with E-state index in [1.54, 1.807) is 42.5 Å². The topological polar surface area (TPSA) is 83.6 Å². The van der Waals surface area contributed by atoms with Gasteiger partial charge >= 0.3 is 0 Å². The molecule has 1 saturated heterocycles. The highest BCUT2D eigenvalue weighted by Gasteiger charge is 2.39. The number of ketones is 1.